The van der Waals surface area contributed by atoms with E-state index in [1.54, 1.807) is 6.92 Å². The molecule has 0 unspecified atom stereocenters. The molecule has 1 aliphatic rings. The zero-order valence-corrected chi connectivity index (χ0v) is 21.7. The van der Waals surface area contributed by atoms with E-state index >= 15 is 0 Å². The third kappa shape index (κ3) is 11.1. The smallest absolute Gasteiger partial charge is 0.328 e. The van der Waals surface area contributed by atoms with Crippen LogP contribution in [-0.4, -0.2) is 79.8 Å². The number of rotatable bonds is 12. The number of benzene rings is 1. The molecule has 1 heterocycles. The lowest BCUT2D eigenvalue weighted by molar-refractivity contribution is -0.148. The molecule has 9 nitrogen and oxygen atoms in total. The van der Waals surface area contributed by atoms with Crippen LogP contribution in [0.3, 0.4) is 0 Å². The van der Waals surface area contributed by atoms with E-state index in [9.17, 15) is 14.4 Å². The van der Waals surface area contributed by atoms with Crippen molar-refractivity contribution in [3.8, 4) is 5.75 Å². The van der Waals surface area contributed by atoms with Crippen LogP contribution in [0.25, 0.3) is 0 Å². The van der Waals surface area contributed by atoms with Gasteiger partial charge in [0.2, 0.25) is 11.8 Å². The van der Waals surface area contributed by atoms with Crippen LogP contribution in [0.2, 0.25) is 0 Å². The third-order valence-corrected chi connectivity index (χ3v) is 5.37. The molecule has 1 aromatic carbocycles. The quantitative estimate of drug-likeness (QED) is 0.341. The van der Waals surface area contributed by atoms with E-state index in [4.69, 9.17) is 14.2 Å². The van der Waals surface area contributed by atoms with Crippen molar-refractivity contribution < 1.29 is 28.6 Å². The normalized spacial score (nSPS) is 16.1. The monoisotopic (exact) mass is 491 g/mol. The molecule has 1 aromatic rings. The molecule has 2 rings (SSSR count). The summed E-state index contributed by atoms with van der Waals surface area (Å²) in [6, 6.07) is 5.76. The third-order valence-electron chi connectivity index (χ3n) is 5.37. The Morgan fingerprint density at radius 1 is 1.09 bits per heavy atom. The minimum Gasteiger partial charge on any atom is -0.488 e. The van der Waals surface area contributed by atoms with Crippen LogP contribution < -0.4 is 15.4 Å². The van der Waals surface area contributed by atoms with Gasteiger partial charge < -0.3 is 24.8 Å². The molecule has 0 bridgehead atoms. The zero-order chi connectivity index (χ0) is 25.8. The summed E-state index contributed by atoms with van der Waals surface area (Å²) in [5.41, 5.74) is 0.539. The standard InChI is InChI=1S/C26H41N3O6/c1-6-7-14-34-25(32)22(17-20-8-10-21(11-9-20)35-26(3,4)5)28-24(31)19(2)27-23(30)18-29-12-15-33-16-13-29/h8-11,19,22H,6-7,12-18H2,1-5H3,(H,27,30)(H,28,31)/t19-,22-/m0/s1. The van der Waals surface area contributed by atoms with Crippen LogP contribution in [0.4, 0.5) is 0 Å². The van der Waals surface area contributed by atoms with E-state index in [-0.39, 0.29) is 24.5 Å². The molecule has 1 saturated heterocycles. The fourth-order valence-corrected chi connectivity index (χ4v) is 3.51. The predicted molar refractivity (Wildman–Crippen MR) is 133 cm³/mol. The minimum absolute atomic E-state index is 0.201. The SMILES string of the molecule is CCCCOC(=O)[C@H](Cc1ccc(OC(C)(C)C)cc1)NC(=O)[C@H](C)NC(=O)CN1CCOCC1. The lowest BCUT2D eigenvalue weighted by Crippen LogP contribution is -2.53. The fourth-order valence-electron chi connectivity index (χ4n) is 3.51. The second-order valence-electron chi connectivity index (χ2n) is 9.82. The highest BCUT2D eigenvalue weighted by atomic mass is 16.5. The number of carbonyl (C=O) groups is 3. The molecule has 1 aliphatic heterocycles. The van der Waals surface area contributed by atoms with Gasteiger partial charge in [-0.1, -0.05) is 25.5 Å². The van der Waals surface area contributed by atoms with Crippen LogP contribution in [0, 0.1) is 0 Å². The van der Waals surface area contributed by atoms with Crippen molar-refractivity contribution in [2.75, 3.05) is 39.5 Å². The Morgan fingerprint density at radius 3 is 2.34 bits per heavy atom. The van der Waals surface area contributed by atoms with Gasteiger partial charge in [0.15, 0.2) is 0 Å². The summed E-state index contributed by atoms with van der Waals surface area (Å²) < 4.78 is 16.5. The van der Waals surface area contributed by atoms with Gasteiger partial charge in [-0.3, -0.25) is 14.5 Å². The van der Waals surface area contributed by atoms with Crippen LogP contribution in [-0.2, 0) is 30.3 Å². The molecule has 1 fully saturated rings. The molecule has 0 saturated carbocycles. The Morgan fingerprint density at radius 2 is 1.74 bits per heavy atom. The molecule has 2 atom stereocenters. The van der Waals surface area contributed by atoms with Gasteiger partial charge in [-0.25, -0.2) is 4.79 Å². The molecule has 9 heteroatoms. The van der Waals surface area contributed by atoms with Gasteiger partial charge in [-0.05, 0) is 51.8 Å². The van der Waals surface area contributed by atoms with Gasteiger partial charge in [0, 0.05) is 19.5 Å². The number of unbranched alkanes of at least 4 members (excludes halogenated alkanes) is 1. The van der Waals surface area contributed by atoms with Crippen molar-refractivity contribution in [2.45, 2.75) is 71.6 Å². The van der Waals surface area contributed by atoms with Crippen molar-refractivity contribution in [2.24, 2.45) is 0 Å². The summed E-state index contributed by atoms with van der Waals surface area (Å²) in [5, 5.41) is 5.48. The van der Waals surface area contributed by atoms with E-state index in [0.29, 0.717) is 32.9 Å². The number of hydrogen-bond acceptors (Lipinski definition) is 7. The molecule has 2 N–H and O–H groups in total. The Balaban J connectivity index is 1.98. The predicted octanol–water partition coefficient (Wildman–Crippen LogP) is 2.07. The summed E-state index contributed by atoms with van der Waals surface area (Å²) in [6.45, 7) is 12.6. The maximum atomic E-state index is 12.8. The molecule has 0 spiro atoms. The van der Waals surface area contributed by atoms with Crippen molar-refractivity contribution in [1.82, 2.24) is 15.5 Å². The number of nitrogens with one attached hydrogen (secondary N) is 2. The summed E-state index contributed by atoms with van der Waals surface area (Å²) in [5.74, 6) is -0.450. The molecule has 2 amide bonds. The highest BCUT2D eigenvalue weighted by molar-refractivity contribution is 5.91. The number of morpholine rings is 1. The van der Waals surface area contributed by atoms with Crippen LogP contribution in [0.15, 0.2) is 24.3 Å². The van der Waals surface area contributed by atoms with E-state index in [2.05, 4.69) is 10.6 Å². The molecular weight excluding hydrogens is 450 g/mol. The van der Waals surface area contributed by atoms with Crippen LogP contribution in [0.1, 0.15) is 53.0 Å². The first-order valence-electron chi connectivity index (χ1n) is 12.4. The largest absolute Gasteiger partial charge is 0.488 e. The van der Waals surface area contributed by atoms with Gasteiger partial charge in [0.25, 0.3) is 0 Å². The van der Waals surface area contributed by atoms with Crippen molar-refractivity contribution in [3.05, 3.63) is 29.8 Å². The number of esters is 1. The van der Waals surface area contributed by atoms with E-state index in [0.717, 1.165) is 24.2 Å². The molecule has 35 heavy (non-hydrogen) atoms. The highest BCUT2D eigenvalue weighted by Gasteiger charge is 2.26. The average Bonchev–Trinajstić information content (AvgIpc) is 2.79. The minimum atomic E-state index is -0.868. The lowest BCUT2D eigenvalue weighted by Gasteiger charge is -2.26. The summed E-state index contributed by atoms with van der Waals surface area (Å²) in [4.78, 5) is 39.9. The van der Waals surface area contributed by atoms with E-state index in [1.807, 2.05) is 56.9 Å². The fraction of sp³-hybridized carbons (Fsp3) is 0.654. The first-order chi connectivity index (χ1) is 16.6. The topological polar surface area (TPSA) is 106 Å². The average molecular weight is 492 g/mol. The molecular formula is C26H41N3O6. The van der Waals surface area contributed by atoms with E-state index < -0.39 is 24.0 Å². The highest BCUT2D eigenvalue weighted by Crippen LogP contribution is 2.19. The van der Waals surface area contributed by atoms with Crippen LogP contribution in [0.5, 0.6) is 5.75 Å². The van der Waals surface area contributed by atoms with Crippen molar-refractivity contribution in [1.29, 1.82) is 0 Å². The number of hydrogen-bond donors (Lipinski definition) is 2. The van der Waals surface area contributed by atoms with Gasteiger partial charge in [0.1, 0.15) is 23.4 Å². The van der Waals surface area contributed by atoms with Gasteiger partial charge in [0.05, 0.1) is 26.4 Å². The van der Waals surface area contributed by atoms with Gasteiger partial charge >= 0.3 is 5.97 Å². The maximum Gasteiger partial charge on any atom is 0.328 e. The van der Waals surface area contributed by atoms with E-state index in [1.165, 1.54) is 0 Å². The molecule has 196 valence electrons. The summed E-state index contributed by atoms with van der Waals surface area (Å²) in [7, 11) is 0. The van der Waals surface area contributed by atoms with Gasteiger partial charge in [-0.15, -0.1) is 0 Å². The van der Waals surface area contributed by atoms with Crippen LogP contribution >= 0.6 is 0 Å². The lowest BCUT2D eigenvalue weighted by atomic mass is 10.0. The first kappa shape index (κ1) is 28.6. The number of carbonyl (C=O) groups excluding carboxylic acids is 3. The Hall–Kier alpha value is -2.65. The molecule has 0 radical (unpaired) electrons. The first-order valence-corrected chi connectivity index (χ1v) is 12.4. The Kier molecular flexibility index (Phi) is 11.5. The summed E-state index contributed by atoms with van der Waals surface area (Å²) >= 11 is 0. The van der Waals surface area contributed by atoms with Crippen molar-refractivity contribution in [3.63, 3.8) is 0 Å². The number of amides is 2. The maximum absolute atomic E-state index is 12.8. The Bertz CT molecular complexity index is 815. The summed E-state index contributed by atoms with van der Waals surface area (Å²) in [6.07, 6.45) is 1.91. The van der Waals surface area contributed by atoms with Crippen molar-refractivity contribution >= 4 is 17.8 Å². The van der Waals surface area contributed by atoms with Gasteiger partial charge in [-0.2, -0.15) is 0 Å². The molecule has 0 aliphatic carbocycles. The number of nitrogens with zero attached hydrogens (tertiary/aromatic N) is 1. The second kappa shape index (κ2) is 14.0. The zero-order valence-electron chi connectivity index (χ0n) is 21.7. The Labute approximate surface area is 208 Å². The molecule has 0 aromatic heterocycles. The second-order valence-corrected chi connectivity index (χ2v) is 9.82. The number of ether oxygens (including phenoxy) is 3.